The molecule has 3 aromatic rings. The summed E-state index contributed by atoms with van der Waals surface area (Å²) in [6.45, 7) is 3.89. The Morgan fingerprint density at radius 3 is 2.29 bits per heavy atom. The molecule has 0 heterocycles. The molecule has 0 aromatic heterocycles. The number of nitrogens with one attached hydrogen (secondary N) is 2. The predicted octanol–water partition coefficient (Wildman–Crippen LogP) is 4.69. The molecule has 1 atom stereocenters. The summed E-state index contributed by atoms with van der Waals surface area (Å²) in [6.07, 6.45) is 0. The highest BCUT2D eigenvalue weighted by molar-refractivity contribution is 5.97. The van der Waals surface area contributed by atoms with Crippen LogP contribution in [-0.4, -0.2) is 30.3 Å². The number of halogens is 1. The molecular formula is C25H26FN3O2. The molecule has 0 saturated heterocycles. The number of carbonyl (C=O) groups excluding carboxylic acids is 2. The number of rotatable bonds is 7. The van der Waals surface area contributed by atoms with Crippen LogP contribution in [0.2, 0.25) is 0 Å². The zero-order valence-corrected chi connectivity index (χ0v) is 17.9. The zero-order chi connectivity index (χ0) is 22.4. The van der Waals surface area contributed by atoms with Crippen molar-refractivity contribution in [2.75, 3.05) is 24.2 Å². The van der Waals surface area contributed by atoms with E-state index in [2.05, 4.69) is 10.6 Å². The molecule has 3 aromatic carbocycles. The van der Waals surface area contributed by atoms with Crippen LogP contribution in [0, 0.1) is 19.7 Å². The number of amides is 2. The van der Waals surface area contributed by atoms with E-state index in [4.69, 9.17) is 0 Å². The van der Waals surface area contributed by atoms with Crippen LogP contribution in [0.4, 0.5) is 15.8 Å². The number of anilines is 2. The molecule has 0 spiro atoms. The van der Waals surface area contributed by atoms with Crippen LogP contribution in [0.5, 0.6) is 0 Å². The van der Waals surface area contributed by atoms with Gasteiger partial charge in [0.1, 0.15) is 11.9 Å². The van der Waals surface area contributed by atoms with Gasteiger partial charge in [0.2, 0.25) is 11.8 Å². The molecule has 160 valence electrons. The average Bonchev–Trinajstić information content (AvgIpc) is 2.73. The molecule has 2 N–H and O–H groups in total. The summed E-state index contributed by atoms with van der Waals surface area (Å²) in [5.74, 6) is -0.895. The molecule has 0 aliphatic carbocycles. The zero-order valence-electron chi connectivity index (χ0n) is 17.9. The fourth-order valence-electron chi connectivity index (χ4n) is 3.36. The van der Waals surface area contributed by atoms with Gasteiger partial charge in [0.15, 0.2) is 0 Å². The quantitative estimate of drug-likeness (QED) is 0.584. The summed E-state index contributed by atoms with van der Waals surface area (Å²) in [4.78, 5) is 27.5. The normalized spacial score (nSPS) is 11.8. The molecule has 0 bridgehead atoms. The maximum Gasteiger partial charge on any atom is 0.246 e. The smallest absolute Gasteiger partial charge is 0.246 e. The largest absolute Gasteiger partial charge is 0.325 e. The second-order valence-electron chi connectivity index (χ2n) is 7.59. The van der Waals surface area contributed by atoms with Gasteiger partial charge in [-0.25, -0.2) is 4.39 Å². The number of likely N-dealkylation sites (N-methyl/N-ethyl adjacent to an activating group) is 1. The fourth-order valence-corrected chi connectivity index (χ4v) is 3.36. The molecule has 3 rings (SSSR count). The molecule has 0 aliphatic heterocycles. The van der Waals surface area contributed by atoms with Crippen molar-refractivity contribution < 1.29 is 14.0 Å². The van der Waals surface area contributed by atoms with Crippen molar-refractivity contribution in [1.29, 1.82) is 0 Å². The summed E-state index contributed by atoms with van der Waals surface area (Å²) >= 11 is 0. The third kappa shape index (κ3) is 5.99. The summed E-state index contributed by atoms with van der Waals surface area (Å²) in [5.41, 5.74) is 4.03. The first kappa shape index (κ1) is 22.2. The Morgan fingerprint density at radius 2 is 1.61 bits per heavy atom. The van der Waals surface area contributed by atoms with Gasteiger partial charge in [0.25, 0.3) is 0 Å². The minimum absolute atomic E-state index is 0.0167. The van der Waals surface area contributed by atoms with E-state index in [1.54, 1.807) is 11.9 Å². The Balaban J connectivity index is 1.78. The van der Waals surface area contributed by atoms with Crippen molar-refractivity contribution in [1.82, 2.24) is 4.90 Å². The molecule has 6 heteroatoms. The maximum atomic E-state index is 13.3. The second kappa shape index (κ2) is 10.00. The summed E-state index contributed by atoms with van der Waals surface area (Å²) in [7, 11) is 1.73. The number of carbonyl (C=O) groups is 2. The minimum atomic E-state index is -0.667. The van der Waals surface area contributed by atoms with E-state index in [-0.39, 0.29) is 24.2 Å². The van der Waals surface area contributed by atoms with Crippen LogP contribution in [0.3, 0.4) is 0 Å². The first-order valence-electron chi connectivity index (χ1n) is 10.0. The van der Waals surface area contributed by atoms with Gasteiger partial charge in [0, 0.05) is 11.4 Å². The second-order valence-corrected chi connectivity index (χ2v) is 7.59. The Labute approximate surface area is 181 Å². The van der Waals surface area contributed by atoms with E-state index in [0.717, 1.165) is 22.4 Å². The van der Waals surface area contributed by atoms with Crippen LogP contribution in [0.25, 0.3) is 0 Å². The van der Waals surface area contributed by atoms with E-state index in [1.165, 1.54) is 24.3 Å². The van der Waals surface area contributed by atoms with Crippen LogP contribution < -0.4 is 10.6 Å². The average molecular weight is 420 g/mol. The van der Waals surface area contributed by atoms with Crippen LogP contribution in [0.15, 0.2) is 72.8 Å². The number of hydrogen-bond acceptors (Lipinski definition) is 3. The third-order valence-electron chi connectivity index (χ3n) is 4.98. The summed E-state index contributed by atoms with van der Waals surface area (Å²) < 4.78 is 13.1. The van der Waals surface area contributed by atoms with Crippen LogP contribution >= 0.6 is 0 Å². The van der Waals surface area contributed by atoms with E-state index < -0.39 is 6.04 Å². The minimum Gasteiger partial charge on any atom is -0.325 e. The highest BCUT2D eigenvalue weighted by Gasteiger charge is 2.27. The van der Waals surface area contributed by atoms with Gasteiger partial charge in [0.05, 0.1) is 6.54 Å². The molecule has 0 aliphatic rings. The van der Waals surface area contributed by atoms with Crippen molar-refractivity contribution in [2.24, 2.45) is 0 Å². The van der Waals surface area contributed by atoms with E-state index >= 15 is 0 Å². The number of aryl methyl sites for hydroxylation is 2. The van der Waals surface area contributed by atoms with Crippen molar-refractivity contribution >= 4 is 23.2 Å². The van der Waals surface area contributed by atoms with E-state index in [0.29, 0.717) is 5.69 Å². The summed E-state index contributed by atoms with van der Waals surface area (Å²) in [5, 5.41) is 5.74. The van der Waals surface area contributed by atoms with Gasteiger partial charge >= 0.3 is 0 Å². The summed E-state index contributed by atoms with van der Waals surface area (Å²) in [6, 6.07) is 20.1. The van der Waals surface area contributed by atoms with Gasteiger partial charge < -0.3 is 10.6 Å². The van der Waals surface area contributed by atoms with Gasteiger partial charge in [-0.3, -0.25) is 14.5 Å². The van der Waals surface area contributed by atoms with Crippen molar-refractivity contribution in [2.45, 2.75) is 19.9 Å². The lowest BCUT2D eigenvalue weighted by Crippen LogP contribution is -2.39. The number of hydrogen-bond donors (Lipinski definition) is 2. The SMILES string of the molecule is Cc1ccc(C)c(NC(=O)[C@H](c2ccccc2)N(C)CC(=O)Nc2ccc(F)cc2)c1. The molecule has 0 saturated carbocycles. The molecular weight excluding hydrogens is 393 g/mol. The van der Waals surface area contributed by atoms with Crippen molar-refractivity contribution in [3.8, 4) is 0 Å². The first-order valence-corrected chi connectivity index (χ1v) is 10.0. The molecule has 2 amide bonds. The monoisotopic (exact) mass is 419 g/mol. The van der Waals surface area contributed by atoms with Crippen molar-refractivity contribution in [3.05, 3.63) is 95.3 Å². The Morgan fingerprint density at radius 1 is 0.935 bits per heavy atom. The van der Waals surface area contributed by atoms with E-state index in [1.807, 2.05) is 62.4 Å². The molecule has 5 nitrogen and oxygen atoms in total. The van der Waals surface area contributed by atoms with Gasteiger partial charge in [-0.2, -0.15) is 0 Å². The highest BCUT2D eigenvalue weighted by atomic mass is 19.1. The van der Waals surface area contributed by atoms with Gasteiger partial charge in [-0.15, -0.1) is 0 Å². The van der Waals surface area contributed by atoms with Crippen LogP contribution in [0.1, 0.15) is 22.7 Å². The Hall–Kier alpha value is -3.51. The molecule has 0 radical (unpaired) electrons. The number of nitrogens with zero attached hydrogens (tertiary/aromatic N) is 1. The van der Waals surface area contributed by atoms with Crippen molar-refractivity contribution in [3.63, 3.8) is 0 Å². The Bertz CT molecular complexity index is 1050. The topological polar surface area (TPSA) is 61.4 Å². The Kier molecular flexibility index (Phi) is 7.15. The molecule has 0 fully saturated rings. The van der Waals surface area contributed by atoms with Gasteiger partial charge in [-0.05, 0) is 67.9 Å². The lowest BCUT2D eigenvalue weighted by molar-refractivity contribution is -0.123. The fraction of sp³-hybridized carbons (Fsp3) is 0.200. The molecule has 31 heavy (non-hydrogen) atoms. The lowest BCUT2D eigenvalue weighted by atomic mass is 10.0. The van der Waals surface area contributed by atoms with Gasteiger partial charge in [-0.1, -0.05) is 42.5 Å². The first-order chi connectivity index (χ1) is 14.8. The maximum absolute atomic E-state index is 13.3. The molecule has 0 unspecified atom stereocenters. The number of benzene rings is 3. The van der Waals surface area contributed by atoms with E-state index in [9.17, 15) is 14.0 Å². The van der Waals surface area contributed by atoms with Crippen LogP contribution in [-0.2, 0) is 9.59 Å². The predicted molar refractivity (Wildman–Crippen MR) is 121 cm³/mol. The highest BCUT2D eigenvalue weighted by Crippen LogP contribution is 2.24. The lowest BCUT2D eigenvalue weighted by Gasteiger charge is -2.27. The standard InChI is InChI=1S/C25H26FN3O2/c1-17-9-10-18(2)22(15-17)28-25(31)24(19-7-5-4-6-8-19)29(3)16-23(30)27-21-13-11-20(26)12-14-21/h4-15,24H,16H2,1-3H3,(H,27,30)(H,28,31)/t24-/m0/s1. The third-order valence-corrected chi connectivity index (χ3v) is 4.98.